The van der Waals surface area contributed by atoms with E-state index in [4.69, 9.17) is 5.11 Å². The molecule has 8 heteroatoms. The van der Waals surface area contributed by atoms with Crippen LogP contribution in [0.1, 0.15) is 22.8 Å². The lowest BCUT2D eigenvalue weighted by Gasteiger charge is -2.10. The predicted octanol–water partition coefficient (Wildman–Crippen LogP) is 1.49. The van der Waals surface area contributed by atoms with Crippen molar-refractivity contribution in [1.82, 2.24) is 5.32 Å². The maximum absolute atomic E-state index is 13.8. The first kappa shape index (κ1) is 15.5. The van der Waals surface area contributed by atoms with Crippen LogP contribution in [0.2, 0.25) is 0 Å². The minimum Gasteiger partial charge on any atom is -0.481 e. The van der Waals surface area contributed by atoms with Crippen LogP contribution in [0.25, 0.3) is 0 Å². The number of aryl methyl sites for hydroxylation is 1. The van der Waals surface area contributed by atoms with Gasteiger partial charge in [-0.2, -0.15) is 0 Å². The van der Waals surface area contributed by atoms with Gasteiger partial charge in [-0.3, -0.25) is 19.7 Å². The summed E-state index contributed by atoms with van der Waals surface area (Å²) in [5, 5.41) is 21.6. The fraction of sp³-hybridized carbons (Fsp3) is 0.333. The molecule has 1 aromatic carbocycles. The lowest BCUT2D eigenvalue weighted by molar-refractivity contribution is -0.385. The Morgan fingerprint density at radius 1 is 1.50 bits per heavy atom. The molecule has 0 bridgehead atoms. The summed E-state index contributed by atoms with van der Waals surface area (Å²) in [4.78, 5) is 32.3. The number of hydrogen-bond donors (Lipinski definition) is 2. The Bertz CT molecular complexity index is 573. The summed E-state index contributed by atoms with van der Waals surface area (Å²) in [5.74, 6) is -3.71. The number of non-ortho nitro benzene ring substituents is 1. The van der Waals surface area contributed by atoms with Gasteiger partial charge in [0.25, 0.3) is 11.6 Å². The Morgan fingerprint density at radius 2 is 2.10 bits per heavy atom. The molecule has 20 heavy (non-hydrogen) atoms. The van der Waals surface area contributed by atoms with Crippen molar-refractivity contribution in [2.75, 3.05) is 6.54 Å². The number of carbonyl (C=O) groups is 2. The molecule has 1 aromatic rings. The van der Waals surface area contributed by atoms with E-state index in [1.165, 1.54) is 13.8 Å². The standard InChI is InChI=1S/C12H13FN2O5/c1-6-3-8(15(19)20)4-9(10(6)13)11(16)14-5-7(2)12(17)18/h3-4,7H,5H2,1-2H3,(H,14,16)(H,17,18). The molecular formula is C12H13FN2O5. The molecule has 1 amide bonds. The molecule has 0 fully saturated rings. The number of hydrogen-bond acceptors (Lipinski definition) is 4. The van der Waals surface area contributed by atoms with Crippen LogP contribution in [0.15, 0.2) is 12.1 Å². The third kappa shape index (κ3) is 3.50. The van der Waals surface area contributed by atoms with Crippen LogP contribution >= 0.6 is 0 Å². The van der Waals surface area contributed by atoms with E-state index >= 15 is 0 Å². The number of nitrogens with one attached hydrogen (secondary N) is 1. The number of aliphatic carboxylic acids is 1. The van der Waals surface area contributed by atoms with Crippen molar-refractivity contribution in [3.63, 3.8) is 0 Å². The Hall–Kier alpha value is -2.51. The molecule has 2 N–H and O–H groups in total. The van der Waals surface area contributed by atoms with Crippen molar-refractivity contribution in [2.24, 2.45) is 5.92 Å². The summed E-state index contributed by atoms with van der Waals surface area (Å²) >= 11 is 0. The Balaban J connectivity index is 2.98. The highest BCUT2D eigenvalue weighted by molar-refractivity contribution is 5.95. The van der Waals surface area contributed by atoms with Gasteiger partial charge in [0.1, 0.15) is 5.82 Å². The summed E-state index contributed by atoms with van der Waals surface area (Å²) in [7, 11) is 0. The van der Waals surface area contributed by atoms with Gasteiger partial charge in [-0.15, -0.1) is 0 Å². The highest BCUT2D eigenvalue weighted by Gasteiger charge is 2.20. The monoisotopic (exact) mass is 284 g/mol. The predicted molar refractivity (Wildman–Crippen MR) is 66.9 cm³/mol. The molecule has 0 aliphatic rings. The van der Waals surface area contributed by atoms with Crippen molar-refractivity contribution in [3.8, 4) is 0 Å². The number of halogens is 1. The molecule has 0 saturated carbocycles. The molecule has 0 heterocycles. The van der Waals surface area contributed by atoms with Gasteiger partial charge in [0.05, 0.1) is 16.4 Å². The second-order valence-electron chi connectivity index (χ2n) is 4.33. The number of nitro groups is 1. The summed E-state index contributed by atoms with van der Waals surface area (Å²) in [5.41, 5.74) is -0.912. The van der Waals surface area contributed by atoms with Crippen LogP contribution in [0.4, 0.5) is 10.1 Å². The molecule has 7 nitrogen and oxygen atoms in total. The molecule has 0 aliphatic carbocycles. The van der Waals surface area contributed by atoms with Gasteiger partial charge in [0.15, 0.2) is 0 Å². The van der Waals surface area contributed by atoms with Crippen LogP contribution in [0.5, 0.6) is 0 Å². The Labute approximate surface area is 113 Å². The van der Waals surface area contributed by atoms with Gasteiger partial charge >= 0.3 is 5.97 Å². The van der Waals surface area contributed by atoms with Crippen LogP contribution in [-0.4, -0.2) is 28.5 Å². The van der Waals surface area contributed by atoms with Crippen molar-refractivity contribution in [2.45, 2.75) is 13.8 Å². The van der Waals surface area contributed by atoms with Gasteiger partial charge in [-0.25, -0.2) is 4.39 Å². The first-order chi connectivity index (χ1) is 9.23. The third-order valence-electron chi connectivity index (χ3n) is 2.69. The number of nitro benzene ring substituents is 1. The number of carboxylic acids is 1. The average Bonchev–Trinajstić information content (AvgIpc) is 2.37. The second kappa shape index (κ2) is 6.09. The van der Waals surface area contributed by atoms with Gasteiger partial charge in [0.2, 0.25) is 0 Å². The van der Waals surface area contributed by atoms with Crippen molar-refractivity contribution in [3.05, 3.63) is 39.2 Å². The van der Waals surface area contributed by atoms with E-state index in [9.17, 15) is 24.1 Å². The van der Waals surface area contributed by atoms with E-state index < -0.39 is 39.8 Å². The minimum atomic E-state index is -1.11. The normalized spacial score (nSPS) is 11.8. The van der Waals surface area contributed by atoms with Gasteiger partial charge in [-0.05, 0) is 12.5 Å². The molecule has 0 aliphatic heterocycles. The number of amides is 1. The summed E-state index contributed by atoms with van der Waals surface area (Å²) in [6, 6.07) is 1.84. The molecule has 1 unspecified atom stereocenters. The minimum absolute atomic E-state index is 0.0318. The van der Waals surface area contributed by atoms with Gasteiger partial charge in [0, 0.05) is 18.7 Å². The molecule has 0 spiro atoms. The molecule has 0 radical (unpaired) electrons. The van der Waals surface area contributed by atoms with Gasteiger partial charge in [-0.1, -0.05) is 6.92 Å². The van der Waals surface area contributed by atoms with Crippen LogP contribution in [0.3, 0.4) is 0 Å². The molecule has 1 atom stereocenters. The summed E-state index contributed by atoms with van der Waals surface area (Å²) in [6.07, 6.45) is 0. The number of carboxylic acid groups (broad SMARTS) is 1. The molecular weight excluding hydrogens is 271 g/mol. The van der Waals surface area contributed by atoms with E-state index in [0.717, 1.165) is 12.1 Å². The summed E-state index contributed by atoms with van der Waals surface area (Å²) in [6.45, 7) is 2.48. The van der Waals surface area contributed by atoms with Crippen molar-refractivity contribution >= 4 is 17.6 Å². The lowest BCUT2D eigenvalue weighted by atomic mass is 10.1. The molecule has 0 saturated heterocycles. The zero-order valence-electron chi connectivity index (χ0n) is 10.8. The van der Waals surface area contributed by atoms with E-state index in [2.05, 4.69) is 5.32 Å². The lowest BCUT2D eigenvalue weighted by Crippen LogP contribution is -2.32. The van der Waals surface area contributed by atoms with E-state index in [-0.39, 0.29) is 12.1 Å². The highest BCUT2D eigenvalue weighted by atomic mass is 19.1. The molecule has 0 aromatic heterocycles. The van der Waals surface area contributed by atoms with Crippen LogP contribution in [0, 0.1) is 28.8 Å². The largest absolute Gasteiger partial charge is 0.481 e. The molecule has 1 rings (SSSR count). The quantitative estimate of drug-likeness (QED) is 0.628. The zero-order chi connectivity index (χ0) is 15.4. The topological polar surface area (TPSA) is 110 Å². The number of nitrogens with zero attached hydrogens (tertiary/aromatic N) is 1. The van der Waals surface area contributed by atoms with E-state index in [0.29, 0.717) is 0 Å². The third-order valence-corrected chi connectivity index (χ3v) is 2.69. The van der Waals surface area contributed by atoms with Crippen LogP contribution in [-0.2, 0) is 4.79 Å². The smallest absolute Gasteiger partial charge is 0.308 e. The van der Waals surface area contributed by atoms with E-state index in [1.54, 1.807) is 0 Å². The van der Waals surface area contributed by atoms with Crippen LogP contribution < -0.4 is 5.32 Å². The Kier molecular flexibility index (Phi) is 4.73. The number of benzene rings is 1. The maximum atomic E-state index is 13.8. The average molecular weight is 284 g/mol. The van der Waals surface area contributed by atoms with E-state index in [1.807, 2.05) is 0 Å². The Morgan fingerprint density at radius 3 is 2.60 bits per heavy atom. The fourth-order valence-electron chi connectivity index (χ4n) is 1.45. The first-order valence-corrected chi connectivity index (χ1v) is 5.69. The fourth-order valence-corrected chi connectivity index (χ4v) is 1.45. The van der Waals surface area contributed by atoms with Gasteiger partial charge < -0.3 is 10.4 Å². The van der Waals surface area contributed by atoms with Crippen molar-refractivity contribution in [1.29, 1.82) is 0 Å². The first-order valence-electron chi connectivity index (χ1n) is 5.69. The number of carbonyl (C=O) groups excluding carboxylic acids is 1. The SMILES string of the molecule is Cc1cc([N+](=O)[O-])cc(C(=O)NCC(C)C(=O)O)c1F. The second-order valence-corrected chi connectivity index (χ2v) is 4.33. The highest BCUT2D eigenvalue weighted by Crippen LogP contribution is 2.21. The van der Waals surface area contributed by atoms with Crippen molar-refractivity contribution < 1.29 is 24.0 Å². The summed E-state index contributed by atoms with van der Waals surface area (Å²) < 4.78 is 13.8. The maximum Gasteiger partial charge on any atom is 0.308 e. The molecule has 108 valence electrons. The number of rotatable bonds is 5. The zero-order valence-corrected chi connectivity index (χ0v) is 10.8.